The molecule has 0 aromatic rings. The molecule has 0 aromatic heterocycles. The van der Waals surface area contributed by atoms with E-state index in [0.29, 0.717) is 0 Å². The molecule has 0 unspecified atom stereocenters. The van der Waals surface area contributed by atoms with Crippen molar-refractivity contribution in [1.82, 2.24) is 0 Å². The highest BCUT2D eigenvalue weighted by atomic mass is 16.5. The Labute approximate surface area is 62.3 Å². The van der Waals surface area contributed by atoms with Crippen molar-refractivity contribution in [3.63, 3.8) is 0 Å². The van der Waals surface area contributed by atoms with E-state index in [4.69, 9.17) is 10.5 Å². The Morgan fingerprint density at radius 1 is 1.30 bits per heavy atom. The van der Waals surface area contributed by atoms with Gasteiger partial charge in [-0.1, -0.05) is 0 Å². The van der Waals surface area contributed by atoms with Crippen LogP contribution in [0, 0.1) is 0 Å². The van der Waals surface area contributed by atoms with Gasteiger partial charge in [0.1, 0.15) is 0 Å². The summed E-state index contributed by atoms with van der Waals surface area (Å²) in [7, 11) is 0. The van der Waals surface area contributed by atoms with Gasteiger partial charge in [0.15, 0.2) is 0 Å². The predicted octanol–water partition coefficient (Wildman–Crippen LogP) is 1.13. The van der Waals surface area contributed by atoms with Crippen molar-refractivity contribution in [3.05, 3.63) is 0 Å². The second kappa shape index (κ2) is 4.14. The Hall–Kier alpha value is -0.730. The molecule has 0 rings (SSSR count). The minimum Gasteiger partial charge on any atom is -0.463 e. The number of nitrogens with zero attached hydrogens (tertiary/aromatic N) is 1. The van der Waals surface area contributed by atoms with Crippen molar-refractivity contribution in [3.8, 4) is 0 Å². The second-order valence-corrected chi connectivity index (χ2v) is 2.73. The molecular formula is C7H16N2O. The van der Waals surface area contributed by atoms with E-state index in [9.17, 15) is 0 Å². The highest BCUT2D eigenvalue weighted by Crippen LogP contribution is 1.90. The fraction of sp³-hybridized carbons (Fsp3) is 0.857. The van der Waals surface area contributed by atoms with Crippen LogP contribution in [0.15, 0.2) is 4.99 Å². The normalized spacial score (nSPS) is 12.8. The molecule has 0 fully saturated rings. The van der Waals surface area contributed by atoms with E-state index in [-0.39, 0.29) is 18.2 Å². The van der Waals surface area contributed by atoms with Crippen molar-refractivity contribution in [2.24, 2.45) is 10.7 Å². The predicted molar refractivity (Wildman–Crippen MR) is 43.0 cm³/mol. The number of ether oxygens (including phenoxy) is 1. The zero-order valence-electron chi connectivity index (χ0n) is 7.09. The van der Waals surface area contributed by atoms with Gasteiger partial charge in [-0.3, -0.25) is 0 Å². The van der Waals surface area contributed by atoms with E-state index >= 15 is 0 Å². The number of hydrogen-bond acceptors (Lipinski definition) is 2. The quantitative estimate of drug-likeness (QED) is 0.466. The van der Waals surface area contributed by atoms with Gasteiger partial charge in [0, 0.05) is 6.04 Å². The van der Waals surface area contributed by atoms with Crippen LogP contribution in [0.25, 0.3) is 0 Å². The third-order valence-corrected chi connectivity index (χ3v) is 0.742. The Bertz CT molecular complexity index is 119. The number of hydrogen-bond donors (Lipinski definition) is 1. The summed E-state index contributed by atoms with van der Waals surface area (Å²) in [5, 5.41) is 0. The molecule has 0 aliphatic rings. The van der Waals surface area contributed by atoms with Crippen LogP contribution in [-0.4, -0.2) is 18.2 Å². The minimum absolute atomic E-state index is 0.113. The molecule has 0 spiro atoms. The molecule has 0 radical (unpaired) electrons. The summed E-state index contributed by atoms with van der Waals surface area (Å²) < 4.78 is 5.09. The van der Waals surface area contributed by atoms with Crippen molar-refractivity contribution < 1.29 is 4.74 Å². The van der Waals surface area contributed by atoms with E-state index in [0.717, 1.165) is 0 Å². The molecule has 0 aliphatic heterocycles. The van der Waals surface area contributed by atoms with E-state index in [1.807, 2.05) is 27.7 Å². The number of amidine groups is 1. The second-order valence-electron chi connectivity index (χ2n) is 2.73. The molecule has 0 saturated carbocycles. The largest absolute Gasteiger partial charge is 0.463 e. The fourth-order valence-corrected chi connectivity index (χ4v) is 0.526. The topological polar surface area (TPSA) is 47.6 Å². The first-order valence-electron chi connectivity index (χ1n) is 3.52. The summed E-state index contributed by atoms with van der Waals surface area (Å²) in [6.07, 6.45) is 0.113. The molecule has 2 N–H and O–H groups in total. The SMILES string of the molecule is CC(C)N=C(N)OC(C)C. The zero-order valence-corrected chi connectivity index (χ0v) is 7.09. The summed E-state index contributed by atoms with van der Waals surface area (Å²) in [6, 6.07) is 0.490. The summed E-state index contributed by atoms with van der Waals surface area (Å²) in [6.45, 7) is 7.75. The van der Waals surface area contributed by atoms with Gasteiger partial charge in [0.2, 0.25) is 0 Å². The van der Waals surface area contributed by atoms with Gasteiger partial charge in [-0.15, -0.1) is 0 Å². The maximum absolute atomic E-state index is 5.40. The first-order chi connectivity index (χ1) is 4.52. The molecule has 3 heteroatoms. The number of rotatable bonds is 2. The number of aliphatic imine (C=N–C) groups is 1. The van der Waals surface area contributed by atoms with Crippen LogP contribution in [0.2, 0.25) is 0 Å². The lowest BCUT2D eigenvalue weighted by atomic mass is 10.4. The monoisotopic (exact) mass is 144 g/mol. The van der Waals surface area contributed by atoms with Crippen LogP contribution in [0.1, 0.15) is 27.7 Å². The Morgan fingerprint density at radius 2 is 1.80 bits per heavy atom. The summed E-state index contributed by atoms with van der Waals surface area (Å²) in [4.78, 5) is 3.99. The average molecular weight is 144 g/mol. The van der Waals surface area contributed by atoms with Crippen LogP contribution in [-0.2, 0) is 4.74 Å². The zero-order chi connectivity index (χ0) is 8.15. The van der Waals surface area contributed by atoms with Crippen LogP contribution >= 0.6 is 0 Å². The van der Waals surface area contributed by atoms with Gasteiger partial charge in [0.05, 0.1) is 6.10 Å². The standard InChI is InChI=1S/C7H16N2O/c1-5(2)9-7(8)10-6(3)4/h5-6H,1-4H3,(H2,8,9). The van der Waals surface area contributed by atoms with Gasteiger partial charge >= 0.3 is 0 Å². The Balaban J connectivity index is 3.71. The van der Waals surface area contributed by atoms with Crippen molar-refractivity contribution in [2.45, 2.75) is 39.8 Å². The van der Waals surface area contributed by atoms with Crippen LogP contribution < -0.4 is 5.73 Å². The van der Waals surface area contributed by atoms with Gasteiger partial charge in [0.25, 0.3) is 6.02 Å². The molecule has 0 aromatic carbocycles. The van der Waals surface area contributed by atoms with Gasteiger partial charge < -0.3 is 10.5 Å². The van der Waals surface area contributed by atoms with Crippen LogP contribution in [0.5, 0.6) is 0 Å². The van der Waals surface area contributed by atoms with Crippen LogP contribution in [0.3, 0.4) is 0 Å². The van der Waals surface area contributed by atoms with E-state index in [1.165, 1.54) is 0 Å². The fourth-order valence-electron chi connectivity index (χ4n) is 0.526. The van der Waals surface area contributed by atoms with E-state index in [1.54, 1.807) is 0 Å². The lowest BCUT2D eigenvalue weighted by molar-refractivity contribution is 0.223. The molecule has 10 heavy (non-hydrogen) atoms. The van der Waals surface area contributed by atoms with Crippen molar-refractivity contribution in [1.29, 1.82) is 0 Å². The van der Waals surface area contributed by atoms with Crippen LogP contribution in [0.4, 0.5) is 0 Å². The lowest BCUT2D eigenvalue weighted by Gasteiger charge is -2.08. The molecular weight excluding hydrogens is 128 g/mol. The molecule has 0 bridgehead atoms. The van der Waals surface area contributed by atoms with Gasteiger partial charge in [-0.25, -0.2) is 4.99 Å². The maximum Gasteiger partial charge on any atom is 0.282 e. The third-order valence-electron chi connectivity index (χ3n) is 0.742. The highest BCUT2D eigenvalue weighted by Gasteiger charge is 1.97. The first-order valence-corrected chi connectivity index (χ1v) is 3.52. The maximum atomic E-state index is 5.40. The first kappa shape index (κ1) is 9.27. The smallest absolute Gasteiger partial charge is 0.282 e. The third kappa shape index (κ3) is 5.41. The molecule has 60 valence electrons. The Kier molecular flexibility index (Phi) is 3.84. The summed E-state index contributed by atoms with van der Waals surface area (Å²) in [5.41, 5.74) is 5.40. The molecule has 0 saturated heterocycles. The molecule has 0 amide bonds. The molecule has 3 nitrogen and oxygen atoms in total. The summed E-state index contributed by atoms with van der Waals surface area (Å²) in [5.74, 6) is 0. The lowest BCUT2D eigenvalue weighted by Crippen LogP contribution is -2.21. The van der Waals surface area contributed by atoms with Gasteiger partial charge in [-0.2, -0.15) is 0 Å². The van der Waals surface area contributed by atoms with E-state index in [2.05, 4.69) is 4.99 Å². The molecule has 0 atom stereocenters. The van der Waals surface area contributed by atoms with Crippen molar-refractivity contribution >= 4 is 6.02 Å². The van der Waals surface area contributed by atoms with Crippen molar-refractivity contribution in [2.75, 3.05) is 0 Å². The molecule has 0 aliphatic carbocycles. The Morgan fingerprint density at radius 3 is 2.10 bits per heavy atom. The van der Waals surface area contributed by atoms with Gasteiger partial charge in [-0.05, 0) is 27.7 Å². The molecule has 0 heterocycles. The number of nitrogens with two attached hydrogens (primary N) is 1. The summed E-state index contributed by atoms with van der Waals surface area (Å²) >= 11 is 0. The minimum atomic E-state index is 0.113. The average Bonchev–Trinajstić information content (AvgIpc) is 1.58. The highest BCUT2D eigenvalue weighted by molar-refractivity contribution is 5.71. The van der Waals surface area contributed by atoms with E-state index < -0.39 is 0 Å².